The second-order valence-electron chi connectivity index (χ2n) is 4.03. The molecule has 1 aromatic rings. The molecule has 0 atom stereocenters. The number of guanidine groups is 1. The molecule has 0 unspecified atom stereocenters. The first-order chi connectivity index (χ1) is 7.59. The third-order valence-corrected chi connectivity index (χ3v) is 2.27. The summed E-state index contributed by atoms with van der Waals surface area (Å²) in [5, 5.41) is 0. The van der Waals surface area contributed by atoms with E-state index in [2.05, 4.69) is 9.89 Å². The van der Waals surface area contributed by atoms with Crippen LogP contribution >= 0.6 is 0 Å². The average molecular weight is 220 g/mol. The minimum atomic E-state index is 0.549. The van der Waals surface area contributed by atoms with Gasteiger partial charge in [-0.2, -0.15) is 0 Å². The van der Waals surface area contributed by atoms with Crippen molar-refractivity contribution in [2.45, 2.75) is 0 Å². The lowest BCUT2D eigenvalue weighted by atomic mass is 10.3. The van der Waals surface area contributed by atoms with Crippen LogP contribution in [0.3, 0.4) is 0 Å². The van der Waals surface area contributed by atoms with Crippen molar-refractivity contribution in [3.05, 3.63) is 30.3 Å². The molecule has 0 aliphatic carbocycles. The summed E-state index contributed by atoms with van der Waals surface area (Å²) in [4.78, 5) is 8.41. The monoisotopic (exact) mass is 220 g/mol. The van der Waals surface area contributed by atoms with E-state index in [4.69, 9.17) is 5.73 Å². The van der Waals surface area contributed by atoms with Gasteiger partial charge in [0, 0.05) is 20.1 Å². The molecule has 1 aromatic carbocycles. The Morgan fingerprint density at radius 3 is 2.31 bits per heavy atom. The van der Waals surface area contributed by atoms with Crippen molar-refractivity contribution in [2.24, 2.45) is 10.7 Å². The maximum Gasteiger partial charge on any atom is 0.196 e. The zero-order chi connectivity index (χ0) is 12.0. The smallest absolute Gasteiger partial charge is 0.196 e. The number of nitrogens with zero attached hydrogens (tertiary/aromatic N) is 3. The second kappa shape index (κ2) is 6.12. The number of hydrogen-bond donors (Lipinski definition) is 1. The van der Waals surface area contributed by atoms with Crippen LogP contribution in [-0.2, 0) is 0 Å². The van der Waals surface area contributed by atoms with Crippen molar-refractivity contribution in [3.63, 3.8) is 0 Å². The van der Waals surface area contributed by atoms with Gasteiger partial charge in [-0.3, -0.25) is 0 Å². The van der Waals surface area contributed by atoms with Gasteiger partial charge in [0.05, 0.1) is 5.69 Å². The molecule has 0 fully saturated rings. The van der Waals surface area contributed by atoms with Gasteiger partial charge in [-0.15, -0.1) is 0 Å². The zero-order valence-corrected chi connectivity index (χ0v) is 10.2. The maximum absolute atomic E-state index is 5.89. The molecule has 0 saturated carbocycles. The number of nitrogens with two attached hydrogens (primary N) is 1. The van der Waals surface area contributed by atoms with Crippen molar-refractivity contribution in [2.75, 3.05) is 34.2 Å². The predicted molar refractivity (Wildman–Crippen MR) is 68.9 cm³/mol. The Labute approximate surface area is 97.4 Å². The quantitative estimate of drug-likeness (QED) is 0.611. The minimum Gasteiger partial charge on any atom is -0.369 e. The maximum atomic E-state index is 5.89. The molecule has 0 aliphatic heterocycles. The lowest BCUT2D eigenvalue weighted by Gasteiger charge is -2.20. The van der Waals surface area contributed by atoms with Crippen molar-refractivity contribution in [1.82, 2.24) is 9.80 Å². The normalized spacial score (nSPS) is 11.9. The van der Waals surface area contributed by atoms with Crippen LogP contribution in [0.15, 0.2) is 35.3 Å². The van der Waals surface area contributed by atoms with Gasteiger partial charge in [0.25, 0.3) is 0 Å². The van der Waals surface area contributed by atoms with Gasteiger partial charge >= 0.3 is 0 Å². The largest absolute Gasteiger partial charge is 0.369 e. The topological polar surface area (TPSA) is 44.9 Å². The number of aliphatic imine (C=N–C) groups is 1. The second-order valence-corrected chi connectivity index (χ2v) is 4.03. The summed E-state index contributed by atoms with van der Waals surface area (Å²) in [5.74, 6) is 0.549. The molecule has 4 nitrogen and oxygen atoms in total. The van der Waals surface area contributed by atoms with E-state index in [1.165, 1.54) is 0 Å². The fourth-order valence-corrected chi connectivity index (χ4v) is 1.18. The summed E-state index contributed by atoms with van der Waals surface area (Å²) in [6.07, 6.45) is 0. The predicted octanol–water partition coefficient (Wildman–Crippen LogP) is 1.13. The summed E-state index contributed by atoms with van der Waals surface area (Å²) in [6.45, 7) is 1.83. The van der Waals surface area contributed by atoms with Gasteiger partial charge in [0.1, 0.15) is 0 Å². The average Bonchev–Trinajstić information content (AvgIpc) is 2.27. The highest BCUT2D eigenvalue weighted by Gasteiger charge is 2.02. The molecule has 2 N–H and O–H groups in total. The molecule has 0 bridgehead atoms. The Balaban J connectivity index is 2.56. The van der Waals surface area contributed by atoms with Crippen LogP contribution in [0.25, 0.3) is 0 Å². The first kappa shape index (κ1) is 12.5. The number of benzene rings is 1. The lowest BCUT2D eigenvalue weighted by molar-refractivity contribution is 0.355. The van der Waals surface area contributed by atoms with Gasteiger partial charge < -0.3 is 15.5 Å². The SMILES string of the molecule is CN(C)CCN(C)C(N)=Nc1ccccc1. The van der Waals surface area contributed by atoms with E-state index in [1.807, 2.05) is 56.4 Å². The standard InChI is InChI=1S/C12H20N4/c1-15(2)9-10-16(3)12(13)14-11-7-5-4-6-8-11/h4-8H,9-10H2,1-3H3,(H2,13,14). The Kier molecular flexibility index (Phi) is 4.79. The summed E-state index contributed by atoms with van der Waals surface area (Å²) >= 11 is 0. The lowest BCUT2D eigenvalue weighted by Crippen LogP contribution is -2.38. The van der Waals surface area contributed by atoms with Crippen LogP contribution in [-0.4, -0.2) is 50.0 Å². The Hall–Kier alpha value is -1.55. The van der Waals surface area contributed by atoms with E-state index in [0.29, 0.717) is 5.96 Å². The van der Waals surface area contributed by atoms with Gasteiger partial charge in [-0.05, 0) is 26.2 Å². The summed E-state index contributed by atoms with van der Waals surface area (Å²) < 4.78 is 0. The Bertz CT molecular complexity index is 332. The number of hydrogen-bond acceptors (Lipinski definition) is 2. The van der Waals surface area contributed by atoms with E-state index < -0.39 is 0 Å². The highest BCUT2D eigenvalue weighted by molar-refractivity contribution is 5.80. The fraction of sp³-hybridized carbons (Fsp3) is 0.417. The molecule has 0 spiro atoms. The van der Waals surface area contributed by atoms with Gasteiger partial charge in [-0.25, -0.2) is 4.99 Å². The molecule has 0 aromatic heterocycles. The number of likely N-dealkylation sites (N-methyl/N-ethyl adjacent to an activating group) is 2. The van der Waals surface area contributed by atoms with Crippen LogP contribution in [0.1, 0.15) is 0 Å². The molecule has 16 heavy (non-hydrogen) atoms. The highest BCUT2D eigenvalue weighted by Crippen LogP contribution is 2.09. The third kappa shape index (κ3) is 4.31. The first-order valence-corrected chi connectivity index (χ1v) is 5.34. The van der Waals surface area contributed by atoms with Crippen molar-refractivity contribution in [3.8, 4) is 0 Å². The van der Waals surface area contributed by atoms with Gasteiger partial charge in [0.15, 0.2) is 5.96 Å². The number of para-hydroxylation sites is 1. The van der Waals surface area contributed by atoms with E-state index in [1.54, 1.807) is 0 Å². The van der Waals surface area contributed by atoms with Crippen molar-refractivity contribution >= 4 is 11.6 Å². The van der Waals surface area contributed by atoms with E-state index in [9.17, 15) is 0 Å². The summed E-state index contributed by atoms with van der Waals surface area (Å²) in [5.41, 5.74) is 6.78. The van der Waals surface area contributed by atoms with Crippen LogP contribution in [0, 0.1) is 0 Å². The van der Waals surface area contributed by atoms with Crippen LogP contribution in [0.5, 0.6) is 0 Å². The Morgan fingerprint density at radius 2 is 1.75 bits per heavy atom. The molecule has 0 amide bonds. The molecule has 4 heteroatoms. The molecular formula is C12H20N4. The highest BCUT2D eigenvalue weighted by atomic mass is 15.2. The Morgan fingerprint density at radius 1 is 1.12 bits per heavy atom. The third-order valence-electron chi connectivity index (χ3n) is 2.27. The van der Waals surface area contributed by atoms with Crippen LogP contribution in [0.2, 0.25) is 0 Å². The van der Waals surface area contributed by atoms with E-state index >= 15 is 0 Å². The van der Waals surface area contributed by atoms with E-state index in [0.717, 1.165) is 18.8 Å². The summed E-state index contributed by atoms with van der Waals surface area (Å²) in [6, 6.07) is 9.74. The van der Waals surface area contributed by atoms with Gasteiger partial charge in [-0.1, -0.05) is 18.2 Å². The first-order valence-electron chi connectivity index (χ1n) is 5.34. The molecule has 88 valence electrons. The van der Waals surface area contributed by atoms with Crippen molar-refractivity contribution in [1.29, 1.82) is 0 Å². The molecule has 0 aliphatic rings. The van der Waals surface area contributed by atoms with Crippen LogP contribution in [0.4, 0.5) is 5.69 Å². The fourth-order valence-electron chi connectivity index (χ4n) is 1.18. The van der Waals surface area contributed by atoms with Crippen molar-refractivity contribution < 1.29 is 0 Å². The number of rotatable bonds is 4. The molecule has 0 saturated heterocycles. The van der Waals surface area contributed by atoms with E-state index in [-0.39, 0.29) is 0 Å². The van der Waals surface area contributed by atoms with Crippen LogP contribution < -0.4 is 5.73 Å². The molecular weight excluding hydrogens is 200 g/mol. The minimum absolute atomic E-state index is 0.549. The van der Waals surface area contributed by atoms with Gasteiger partial charge in [0.2, 0.25) is 0 Å². The zero-order valence-electron chi connectivity index (χ0n) is 10.2. The molecule has 0 heterocycles. The molecule has 1 rings (SSSR count). The molecule has 0 radical (unpaired) electrons. The summed E-state index contributed by atoms with van der Waals surface area (Å²) in [7, 11) is 6.03.